The highest BCUT2D eigenvalue weighted by molar-refractivity contribution is 9.08. The van der Waals surface area contributed by atoms with Crippen LogP contribution in [0.5, 0.6) is 5.75 Å². The number of ether oxygens (including phenoxy) is 2. The Morgan fingerprint density at radius 2 is 2.00 bits per heavy atom. The third-order valence-corrected chi connectivity index (χ3v) is 3.33. The Bertz CT molecular complexity index is 356. The maximum Gasteiger partial charge on any atom is 0.123 e. The highest BCUT2D eigenvalue weighted by Gasteiger charge is 2.03. The van der Waals surface area contributed by atoms with Crippen molar-refractivity contribution < 1.29 is 9.47 Å². The molecule has 0 bridgehead atoms. The summed E-state index contributed by atoms with van der Waals surface area (Å²) in [5.41, 5.74) is 1.06. The predicted octanol–water partition coefficient (Wildman–Crippen LogP) is 4.68. The van der Waals surface area contributed by atoms with E-state index in [-0.39, 0.29) is 0 Å². The third kappa shape index (κ3) is 6.07. The van der Waals surface area contributed by atoms with Crippen LogP contribution in [0.2, 0.25) is 5.02 Å². The molecular formula is C14H20BrClO2. The molecule has 0 aliphatic carbocycles. The highest BCUT2D eigenvalue weighted by Crippen LogP contribution is 2.24. The molecule has 0 N–H and O–H groups in total. The SMILES string of the molecule is CC(C)CCOCCOc1ccc(Cl)cc1CBr. The van der Waals surface area contributed by atoms with E-state index in [0.29, 0.717) is 19.1 Å². The van der Waals surface area contributed by atoms with E-state index in [2.05, 4.69) is 29.8 Å². The Hall–Kier alpha value is -0.250. The first-order chi connectivity index (χ1) is 8.63. The fourth-order valence-electron chi connectivity index (χ4n) is 1.42. The van der Waals surface area contributed by atoms with Crippen molar-refractivity contribution in [2.24, 2.45) is 5.92 Å². The molecule has 0 saturated heterocycles. The lowest BCUT2D eigenvalue weighted by Gasteiger charge is -2.11. The number of hydrogen-bond acceptors (Lipinski definition) is 2. The average Bonchev–Trinajstić information content (AvgIpc) is 2.34. The quantitative estimate of drug-likeness (QED) is 0.507. The van der Waals surface area contributed by atoms with E-state index in [9.17, 15) is 0 Å². The van der Waals surface area contributed by atoms with Crippen LogP contribution >= 0.6 is 27.5 Å². The van der Waals surface area contributed by atoms with Gasteiger partial charge in [-0.1, -0.05) is 41.4 Å². The molecule has 4 heteroatoms. The summed E-state index contributed by atoms with van der Waals surface area (Å²) < 4.78 is 11.2. The van der Waals surface area contributed by atoms with Gasteiger partial charge in [-0.05, 0) is 30.5 Å². The molecule has 0 fully saturated rings. The van der Waals surface area contributed by atoms with Gasteiger partial charge >= 0.3 is 0 Å². The number of alkyl halides is 1. The smallest absolute Gasteiger partial charge is 0.123 e. The second-order valence-corrected chi connectivity index (χ2v) is 5.53. The van der Waals surface area contributed by atoms with Crippen molar-refractivity contribution in [3.8, 4) is 5.75 Å². The van der Waals surface area contributed by atoms with Gasteiger partial charge in [-0.25, -0.2) is 0 Å². The Kier molecular flexibility index (Phi) is 7.71. The van der Waals surface area contributed by atoms with Crippen molar-refractivity contribution in [1.29, 1.82) is 0 Å². The largest absolute Gasteiger partial charge is 0.491 e. The zero-order valence-corrected chi connectivity index (χ0v) is 13.3. The standard InChI is InChI=1S/C14H20BrClO2/c1-11(2)5-6-17-7-8-18-14-4-3-13(16)9-12(14)10-15/h3-4,9,11H,5-8,10H2,1-2H3. The van der Waals surface area contributed by atoms with Crippen molar-refractivity contribution in [1.82, 2.24) is 0 Å². The van der Waals surface area contributed by atoms with Gasteiger partial charge in [-0.15, -0.1) is 0 Å². The summed E-state index contributed by atoms with van der Waals surface area (Å²) in [5, 5.41) is 1.46. The van der Waals surface area contributed by atoms with Crippen LogP contribution in [0.3, 0.4) is 0 Å². The van der Waals surface area contributed by atoms with Crippen molar-refractivity contribution in [2.75, 3.05) is 19.8 Å². The molecule has 18 heavy (non-hydrogen) atoms. The molecule has 0 aromatic heterocycles. The van der Waals surface area contributed by atoms with Gasteiger partial charge in [0, 0.05) is 22.5 Å². The summed E-state index contributed by atoms with van der Waals surface area (Å²) in [6.07, 6.45) is 1.09. The van der Waals surface area contributed by atoms with E-state index in [0.717, 1.165) is 34.7 Å². The minimum atomic E-state index is 0.569. The molecule has 1 rings (SSSR count). The van der Waals surface area contributed by atoms with E-state index in [1.165, 1.54) is 0 Å². The van der Waals surface area contributed by atoms with Crippen LogP contribution in [0.15, 0.2) is 18.2 Å². The van der Waals surface area contributed by atoms with E-state index >= 15 is 0 Å². The van der Waals surface area contributed by atoms with E-state index < -0.39 is 0 Å². The van der Waals surface area contributed by atoms with Crippen molar-refractivity contribution >= 4 is 27.5 Å². The maximum atomic E-state index is 5.93. The maximum absolute atomic E-state index is 5.93. The van der Waals surface area contributed by atoms with Gasteiger partial charge in [0.1, 0.15) is 12.4 Å². The van der Waals surface area contributed by atoms with Crippen LogP contribution < -0.4 is 4.74 Å². The van der Waals surface area contributed by atoms with Gasteiger partial charge in [0.2, 0.25) is 0 Å². The van der Waals surface area contributed by atoms with Crippen LogP contribution in [0, 0.1) is 5.92 Å². The number of hydrogen-bond donors (Lipinski definition) is 0. The Labute approximate surface area is 123 Å². The molecule has 0 radical (unpaired) electrons. The highest BCUT2D eigenvalue weighted by atomic mass is 79.9. The van der Waals surface area contributed by atoms with Gasteiger partial charge in [-0.2, -0.15) is 0 Å². The fourth-order valence-corrected chi connectivity index (χ4v) is 2.06. The first kappa shape index (κ1) is 15.8. The summed E-state index contributed by atoms with van der Waals surface area (Å²) >= 11 is 9.35. The average molecular weight is 336 g/mol. The van der Waals surface area contributed by atoms with Crippen LogP contribution in [0.1, 0.15) is 25.8 Å². The first-order valence-corrected chi connectivity index (χ1v) is 7.68. The molecule has 0 amide bonds. The van der Waals surface area contributed by atoms with Gasteiger partial charge in [0.05, 0.1) is 6.61 Å². The van der Waals surface area contributed by atoms with E-state index in [1.54, 1.807) is 0 Å². The lowest BCUT2D eigenvalue weighted by molar-refractivity contribution is 0.0923. The van der Waals surface area contributed by atoms with Gasteiger partial charge in [0.15, 0.2) is 0 Å². The molecule has 102 valence electrons. The van der Waals surface area contributed by atoms with Gasteiger partial charge in [-0.3, -0.25) is 0 Å². The molecule has 0 aliphatic heterocycles. The molecule has 0 unspecified atom stereocenters. The molecule has 1 aromatic rings. The Morgan fingerprint density at radius 3 is 2.67 bits per heavy atom. The lowest BCUT2D eigenvalue weighted by atomic mass is 10.1. The summed E-state index contributed by atoms with van der Waals surface area (Å²) in [6, 6.07) is 5.64. The molecule has 2 nitrogen and oxygen atoms in total. The first-order valence-electron chi connectivity index (χ1n) is 6.18. The van der Waals surface area contributed by atoms with E-state index in [1.807, 2.05) is 18.2 Å². The molecule has 1 aromatic carbocycles. The van der Waals surface area contributed by atoms with Gasteiger partial charge < -0.3 is 9.47 Å². The van der Waals surface area contributed by atoms with Crippen LogP contribution in [-0.4, -0.2) is 19.8 Å². The minimum Gasteiger partial charge on any atom is -0.491 e. The second-order valence-electron chi connectivity index (χ2n) is 4.53. The predicted molar refractivity (Wildman–Crippen MR) is 79.9 cm³/mol. The summed E-state index contributed by atoms with van der Waals surface area (Å²) in [7, 11) is 0. The van der Waals surface area contributed by atoms with E-state index in [4.69, 9.17) is 21.1 Å². The molecular weight excluding hydrogens is 316 g/mol. The minimum absolute atomic E-state index is 0.569. The second kappa shape index (κ2) is 8.78. The lowest BCUT2D eigenvalue weighted by Crippen LogP contribution is -2.09. The van der Waals surface area contributed by atoms with Crippen molar-refractivity contribution in [2.45, 2.75) is 25.6 Å². The van der Waals surface area contributed by atoms with Gasteiger partial charge in [0.25, 0.3) is 0 Å². The normalized spacial score (nSPS) is 10.9. The molecule has 0 aliphatic rings. The van der Waals surface area contributed by atoms with Crippen LogP contribution in [0.25, 0.3) is 0 Å². The summed E-state index contributed by atoms with van der Waals surface area (Å²) in [6.45, 7) is 6.37. The third-order valence-electron chi connectivity index (χ3n) is 2.49. The summed E-state index contributed by atoms with van der Waals surface area (Å²) in [5.74, 6) is 1.55. The zero-order chi connectivity index (χ0) is 13.4. The number of rotatable bonds is 8. The molecule has 0 atom stereocenters. The van der Waals surface area contributed by atoms with Crippen molar-refractivity contribution in [3.63, 3.8) is 0 Å². The zero-order valence-electron chi connectivity index (χ0n) is 10.9. The van der Waals surface area contributed by atoms with Crippen LogP contribution in [0.4, 0.5) is 0 Å². The Balaban J connectivity index is 2.27. The molecule has 0 spiro atoms. The summed E-state index contributed by atoms with van der Waals surface area (Å²) in [4.78, 5) is 0. The number of halogens is 2. The number of benzene rings is 1. The molecule has 0 saturated carbocycles. The van der Waals surface area contributed by atoms with Crippen molar-refractivity contribution in [3.05, 3.63) is 28.8 Å². The molecule has 0 heterocycles. The topological polar surface area (TPSA) is 18.5 Å². The Morgan fingerprint density at radius 1 is 1.22 bits per heavy atom. The monoisotopic (exact) mass is 334 g/mol. The fraction of sp³-hybridized carbons (Fsp3) is 0.571. The van der Waals surface area contributed by atoms with Crippen LogP contribution in [-0.2, 0) is 10.1 Å².